The van der Waals surface area contributed by atoms with Crippen molar-refractivity contribution >= 4 is 52.8 Å². The summed E-state index contributed by atoms with van der Waals surface area (Å²) in [5.74, 6) is -2.82. The normalized spacial score (nSPS) is 12.0. The number of nitrogens with one attached hydrogen (secondary N) is 1. The average Bonchev–Trinajstić information content (AvgIpc) is 3.47. The van der Waals surface area contributed by atoms with E-state index in [1.54, 1.807) is 24.4 Å². The number of benzene rings is 3. The number of hydrogen-bond acceptors (Lipinski definition) is 6. The van der Waals surface area contributed by atoms with Gasteiger partial charge in [-0.2, -0.15) is 0 Å². The molecule has 0 saturated heterocycles. The first-order chi connectivity index (χ1) is 22.7. The molecule has 0 aliphatic heterocycles. The maximum Gasteiger partial charge on any atom is 0.326 e. The molecule has 0 saturated carbocycles. The fourth-order valence-corrected chi connectivity index (χ4v) is 6.50. The summed E-state index contributed by atoms with van der Waals surface area (Å²) in [5, 5.41) is 12.8. The highest BCUT2D eigenvalue weighted by molar-refractivity contribution is 7.98. The van der Waals surface area contributed by atoms with Gasteiger partial charge in [0.15, 0.2) is 11.1 Å². The molecule has 10 nitrogen and oxygen atoms in total. The average molecular weight is 720 g/mol. The third-order valence-corrected chi connectivity index (χ3v) is 9.25. The molecule has 6 N–H and O–H groups in total. The number of carboxylic acids is 1. The number of aliphatic imine (C=N–C) groups is 1. The van der Waals surface area contributed by atoms with Gasteiger partial charge in [0.1, 0.15) is 23.4 Å². The highest BCUT2D eigenvalue weighted by Crippen LogP contribution is 2.39. The van der Waals surface area contributed by atoms with Crippen LogP contribution in [-0.4, -0.2) is 52.2 Å². The maximum absolute atomic E-state index is 15.5. The largest absolute Gasteiger partial charge is 0.495 e. The van der Waals surface area contributed by atoms with E-state index in [0.29, 0.717) is 28.0 Å². The molecule has 0 radical (unpaired) electrons. The molecule has 4 aromatic rings. The number of methoxy groups -OCH3 is 1. The minimum atomic E-state index is -1.26. The van der Waals surface area contributed by atoms with Crippen molar-refractivity contribution in [2.45, 2.75) is 49.1 Å². The van der Waals surface area contributed by atoms with Crippen LogP contribution in [0.5, 0.6) is 5.75 Å². The molecule has 0 spiro atoms. The molecule has 254 valence electrons. The van der Waals surface area contributed by atoms with E-state index in [4.69, 9.17) is 39.4 Å². The number of ether oxygens (including phenoxy) is 1. The third kappa shape index (κ3) is 8.57. The van der Waals surface area contributed by atoms with E-state index in [0.717, 1.165) is 17.3 Å². The summed E-state index contributed by atoms with van der Waals surface area (Å²) in [4.78, 5) is 33.0. The first kappa shape index (κ1) is 36.5. The second kappa shape index (κ2) is 15.7. The lowest BCUT2D eigenvalue weighted by Crippen LogP contribution is -2.41. The number of hydrogen-bond donors (Lipinski definition) is 4. The number of nitrogens with two attached hydrogens (primary N) is 2. The molecule has 0 fully saturated rings. The van der Waals surface area contributed by atoms with Crippen LogP contribution in [0.25, 0.3) is 5.69 Å². The van der Waals surface area contributed by atoms with Gasteiger partial charge in [0.2, 0.25) is 0 Å². The quantitative estimate of drug-likeness (QED) is 0.0511. The highest BCUT2D eigenvalue weighted by Gasteiger charge is 2.31. The Morgan fingerprint density at radius 3 is 2.44 bits per heavy atom. The van der Waals surface area contributed by atoms with Crippen LogP contribution in [-0.2, 0) is 16.0 Å². The lowest BCUT2D eigenvalue weighted by molar-refractivity contribution is -0.139. The van der Waals surface area contributed by atoms with Crippen LogP contribution < -0.4 is 21.5 Å². The Labute approximate surface area is 290 Å². The molecule has 1 heterocycles. The zero-order valence-electron chi connectivity index (χ0n) is 26.3. The van der Waals surface area contributed by atoms with Crippen LogP contribution in [0, 0.1) is 11.6 Å². The van der Waals surface area contributed by atoms with Crippen molar-refractivity contribution in [2.24, 2.45) is 16.5 Å². The Kier molecular flexibility index (Phi) is 11.9. The molecule has 1 amide bonds. The van der Waals surface area contributed by atoms with E-state index in [-0.39, 0.29) is 40.8 Å². The van der Waals surface area contributed by atoms with Gasteiger partial charge in [0.25, 0.3) is 5.91 Å². The molecular formula is C33H34Cl2F2N6O4S. The Bertz CT molecular complexity index is 1810. The van der Waals surface area contributed by atoms with Gasteiger partial charge in [-0.05, 0) is 66.9 Å². The number of thioether (sulfide) groups is 1. The van der Waals surface area contributed by atoms with Gasteiger partial charge in [0.05, 0.1) is 24.0 Å². The summed E-state index contributed by atoms with van der Waals surface area (Å²) >= 11 is 13.9. The lowest BCUT2D eigenvalue weighted by atomic mass is 9.81. The van der Waals surface area contributed by atoms with Crippen molar-refractivity contribution in [1.29, 1.82) is 0 Å². The predicted octanol–water partition coefficient (Wildman–Crippen LogP) is 6.32. The molecular weight excluding hydrogens is 685 g/mol. The third-order valence-electron chi connectivity index (χ3n) is 7.62. The minimum Gasteiger partial charge on any atom is -0.495 e. The number of imidazole rings is 1. The molecule has 0 unspecified atom stereocenters. The molecule has 48 heavy (non-hydrogen) atoms. The van der Waals surface area contributed by atoms with E-state index in [1.807, 2.05) is 30.5 Å². The van der Waals surface area contributed by atoms with E-state index in [1.165, 1.54) is 37.1 Å². The van der Waals surface area contributed by atoms with Gasteiger partial charge in [-0.3, -0.25) is 14.4 Å². The Morgan fingerprint density at radius 2 is 1.81 bits per heavy atom. The van der Waals surface area contributed by atoms with Crippen LogP contribution in [0.1, 0.15) is 53.9 Å². The summed E-state index contributed by atoms with van der Waals surface area (Å²) in [6.45, 7) is 4.18. The number of halogens is 4. The summed E-state index contributed by atoms with van der Waals surface area (Å²) in [6, 6.07) is 12.4. The first-order valence-electron chi connectivity index (χ1n) is 14.6. The predicted molar refractivity (Wildman–Crippen MR) is 183 cm³/mol. The smallest absolute Gasteiger partial charge is 0.326 e. The van der Waals surface area contributed by atoms with E-state index < -0.39 is 35.0 Å². The molecule has 1 atom stereocenters. The minimum absolute atomic E-state index is 0.0269. The fraction of sp³-hybridized carbons (Fsp3) is 0.273. The molecule has 4 rings (SSSR count). The number of amides is 1. The van der Waals surface area contributed by atoms with Gasteiger partial charge in [-0.15, -0.1) is 0 Å². The van der Waals surface area contributed by atoms with Crippen molar-refractivity contribution in [3.63, 3.8) is 0 Å². The SMILES string of the molecule is COc1cc(C(C)(C)c2cnc(SCc3c(F)cc(C(=O)N[C@@H](CCCN=C(N)N)C(=O)O)cc3Cl)n2-c2ccc(F)cc2)ccc1Cl. The number of carboxylic acid groups (broad SMARTS) is 1. The second-order valence-electron chi connectivity index (χ2n) is 11.2. The van der Waals surface area contributed by atoms with Crippen molar-refractivity contribution < 1.29 is 28.2 Å². The number of rotatable bonds is 14. The van der Waals surface area contributed by atoms with Crippen molar-refractivity contribution in [2.75, 3.05) is 13.7 Å². The molecule has 1 aromatic heterocycles. The zero-order chi connectivity index (χ0) is 35.2. The van der Waals surface area contributed by atoms with Crippen LogP contribution >= 0.6 is 35.0 Å². The van der Waals surface area contributed by atoms with Crippen LogP contribution in [0.4, 0.5) is 8.78 Å². The molecule has 0 aliphatic carbocycles. The van der Waals surface area contributed by atoms with Gasteiger partial charge in [0, 0.05) is 39.5 Å². The molecule has 3 aromatic carbocycles. The summed E-state index contributed by atoms with van der Waals surface area (Å²) in [7, 11) is 1.53. The lowest BCUT2D eigenvalue weighted by Gasteiger charge is -2.28. The van der Waals surface area contributed by atoms with Crippen molar-refractivity contribution in [3.8, 4) is 11.4 Å². The van der Waals surface area contributed by atoms with E-state index in [2.05, 4.69) is 15.3 Å². The Hall–Kier alpha value is -4.33. The van der Waals surface area contributed by atoms with Gasteiger partial charge < -0.3 is 26.6 Å². The number of aliphatic carboxylic acids is 1. The summed E-state index contributed by atoms with van der Waals surface area (Å²) < 4.78 is 36.7. The number of aromatic nitrogens is 2. The Balaban J connectivity index is 1.60. The standard InChI is InChI=1S/C33H34Cl2F2N6O4S/c1-33(2,19-6-11-23(34)27(15-19)47-3)28-16-41-32(43(28)21-9-7-20(36)8-10-21)48-17-22-24(35)13-18(14-25(22)37)29(44)42-26(30(45)46)5-4-12-40-31(38)39/h6-11,13-16,26H,4-5,12,17H2,1-3H3,(H,42,44)(H,45,46)(H4,38,39,40)/t26-/m0/s1. The molecule has 0 bridgehead atoms. The Morgan fingerprint density at radius 1 is 1.10 bits per heavy atom. The van der Waals surface area contributed by atoms with Crippen molar-refractivity contribution in [3.05, 3.63) is 105 Å². The molecule has 0 aliphatic rings. The number of nitrogens with zero attached hydrogens (tertiary/aromatic N) is 3. The monoisotopic (exact) mass is 718 g/mol. The summed E-state index contributed by atoms with van der Waals surface area (Å²) in [6.07, 6.45) is 2.04. The highest BCUT2D eigenvalue weighted by atomic mass is 35.5. The first-order valence-corrected chi connectivity index (χ1v) is 16.3. The maximum atomic E-state index is 15.5. The van der Waals surface area contributed by atoms with Crippen LogP contribution in [0.3, 0.4) is 0 Å². The number of carbonyl (C=O) groups is 2. The van der Waals surface area contributed by atoms with Gasteiger partial charge in [-0.25, -0.2) is 18.6 Å². The van der Waals surface area contributed by atoms with Gasteiger partial charge >= 0.3 is 5.97 Å². The number of guanidine groups is 1. The van der Waals surface area contributed by atoms with Crippen LogP contribution in [0.15, 0.2) is 70.9 Å². The number of carbonyl (C=O) groups excluding carboxylic acids is 1. The fourth-order valence-electron chi connectivity index (χ4n) is 4.92. The zero-order valence-corrected chi connectivity index (χ0v) is 28.6. The topological polar surface area (TPSA) is 158 Å². The van der Waals surface area contributed by atoms with E-state index >= 15 is 4.39 Å². The second-order valence-corrected chi connectivity index (χ2v) is 13.0. The molecule has 15 heteroatoms. The van der Waals surface area contributed by atoms with Crippen LogP contribution in [0.2, 0.25) is 10.0 Å². The van der Waals surface area contributed by atoms with E-state index in [9.17, 15) is 19.1 Å². The van der Waals surface area contributed by atoms with Gasteiger partial charge in [-0.1, -0.05) is 54.9 Å². The van der Waals surface area contributed by atoms with Crippen molar-refractivity contribution in [1.82, 2.24) is 14.9 Å². The summed E-state index contributed by atoms with van der Waals surface area (Å²) in [5.41, 5.74) is 12.2.